The van der Waals surface area contributed by atoms with E-state index in [-0.39, 0.29) is 18.2 Å². The number of thiol groups is 1. The van der Waals surface area contributed by atoms with Crippen molar-refractivity contribution in [3.8, 4) is 11.1 Å². The molecule has 2 aromatic carbocycles. The van der Waals surface area contributed by atoms with E-state index in [1.54, 1.807) is 0 Å². The van der Waals surface area contributed by atoms with Gasteiger partial charge in [-0.2, -0.15) is 12.6 Å². The molecule has 176 valence electrons. The van der Waals surface area contributed by atoms with E-state index in [2.05, 4.69) is 23.3 Å². The first-order valence-electron chi connectivity index (χ1n) is 11.4. The highest BCUT2D eigenvalue weighted by Crippen LogP contribution is 2.31. The minimum Gasteiger partial charge on any atom is -0.480 e. The molecular formula is C26H32N2O4S. The Balaban J connectivity index is 1.71. The molecule has 0 saturated heterocycles. The standard InChI is InChI=1S/C26H32N2O4S/c1-17(2)22(33)23(29)28-26(14-6-7-15-26)25(32)27-21(24(30)31)16-18-10-12-20(13-11-18)19-8-4-3-5-9-19/h3-5,8-13,17,21-22,33H,6-7,14-16H2,1-2H3,(H,27,32)(H,28,29)(H,30,31)/t21-,22-/m1/s1. The van der Waals surface area contributed by atoms with Crippen LogP contribution < -0.4 is 10.6 Å². The number of carboxylic acids is 1. The molecule has 1 aliphatic carbocycles. The van der Waals surface area contributed by atoms with Gasteiger partial charge >= 0.3 is 5.97 Å². The molecule has 3 N–H and O–H groups in total. The number of rotatable bonds is 9. The predicted molar refractivity (Wildman–Crippen MR) is 132 cm³/mol. The van der Waals surface area contributed by atoms with Gasteiger partial charge < -0.3 is 15.7 Å². The van der Waals surface area contributed by atoms with Crippen molar-refractivity contribution in [1.29, 1.82) is 0 Å². The van der Waals surface area contributed by atoms with Crippen LogP contribution >= 0.6 is 12.6 Å². The van der Waals surface area contributed by atoms with Crippen molar-refractivity contribution in [2.24, 2.45) is 5.92 Å². The molecule has 0 heterocycles. The maximum atomic E-state index is 13.2. The molecule has 2 aromatic rings. The number of benzene rings is 2. The summed E-state index contributed by atoms with van der Waals surface area (Å²) in [6.45, 7) is 3.78. The first-order chi connectivity index (χ1) is 15.7. The molecule has 1 saturated carbocycles. The van der Waals surface area contributed by atoms with Crippen molar-refractivity contribution >= 4 is 30.4 Å². The summed E-state index contributed by atoms with van der Waals surface area (Å²) in [5, 5.41) is 14.8. The van der Waals surface area contributed by atoms with Gasteiger partial charge in [-0.3, -0.25) is 9.59 Å². The average molecular weight is 469 g/mol. The topological polar surface area (TPSA) is 95.5 Å². The zero-order valence-electron chi connectivity index (χ0n) is 19.1. The lowest BCUT2D eigenvalue weighted by atomic mass is 9.94. The van der Waals surface area contributed by atoms with Crippen molar-refractivity contribution in [3.63, 3.8) is 0 Å². The molecule has 0 radical (unpaired) electrons. The number of carbonyl (C=O) groups excluding carboxylic acids is 2. The smallest absolute Gasteiger partial charge is 0.326 e. The van der Waals surface area contributed by atoms with E-state index in [9.17, 15) is 19.5 Å². The Morgan fingerprint density at radius 2 is 1.55 bits per heavy atom. The van der Waals surface area contributed by atoms with E-state index >= 15 is 0 Å². The summed E-state index contributed by atoms with van der Waals surface area (Å²) in [5.74, 6) is -1.83. The zero-order chi connectivity index (χ0) is 24.0. The maximum Gasteiger partial charge on any atom is 0.326 e. The van der Waals surface area contributed by atoms with Crippen LogP contribution in [-0.4, -0.2) is 39.7 Å². The van der Waals surface area contributed by atoms with E-state index in [0.29, 0.717) is 12.8 Å². The Labute approximate surface area is 200 Å². The second-order valence-electron chi connectivity index (χ2n) is 9.10. The molecule has 3 rings (SSSR count). The van der Waals surface area contributed by atoms with Gasteiger partial charge in [-0.05, 0) is 35.4 Å². The summed E-state index contributed by atoms with van der Waals surface area (Å²) in [6, 6.07) is 16.5. The number of aliphatic carboxylic acids is 1. The van der Waals surface area contributed by atoms with Gasteiger partial charge in [-0.25, -0.2) is 4.79 Å². The Bertz CT molecular complexity index is 970. The highest BCUT2D eigenvalue weighted by Gasteiger charge is 2.44. The third-order valence-electron chi connectivity index (χ3n) is 6.26. The molecule has 2 amide bonds. The first kappa shape index (κ1) is 24.8. The molecule has 33 heavy (non-hydrogen) atoms. The van der Waals surface area contributed by atoms with Crippen molar-refractivity contribution in [2.75, 3.05) is 0 Å². The number of carboxylic acid groups (broad SMARTS) is 1. The largest absolute Gasteiger partial charge is 0.480 e. The maximum absolute atomic E-state index is 13.2. The lowest BCUT2D eigenvalue weighted by Crippen LogP contribution is -2.61. The fourth-order valence-corrected chi connectivity index (χ4v) is 4.26. The van der Waals surface area contributed by atoms with Gasteiger partial charge in [0.05, 0.1) is 5.25 Å². The zero-order valence-corrected chi connectivity index (χ0v) is 20.0. The first-order valence-corrected chi connectivity index (χ1v) is 11.9. The van der Waals surface area contributed by atoms with Crippen molar-refractivity contribution in [3.05, 3.63) is 60.2 Å². The molecule has 0 aliphatic heterocycles. The summed E-state index contributed by atoms with van der Waals surface area (Å²) in [5.41, 5.74) is 1.84. The van der Waals surface area contributed by atoms with Gasteiger partial charge in [-0.1, -0.05) is 81.3 Å². The van der Waals surface area contributed by atoms with Gasteiger partial charge in [0.15, 0.2) is 0 Å². The van der Waals surface area contributed by atoms with Crippen LogP contribution in [0.4, 0.5) is 0 Å². The Hall–Kier alpha value is -2.80. The minimum atomic E-state index is -1.11. The van der Waals surface area contributed by atoms with Crippen LogP contribution in [0.15, 0.2) is 54.6 Å². The van der Waals surface area contributed by atoms with Crippen LogP contribution in [0.2, 0.25) is 0 Å². The van der Waals surface area contributed by atoms with E-state index in [4.69, 9.17) is 0 Å². The third kappa shape index (κ3) is 6.16. The molecule has 1 fully saturated rings. The minimum absolute atomic E-state index is 0.0143. The van der Waals surface area contributed by atoms with Gasteiger partial charge in [0, 0.05) is 6.42 Å². The van der Waals surface area contributed by atoms with Gasteiger partial charge in [0.2, 0.25) is 11.8 Å². The molecule has 0 bridgehead atoms. The lowest BCUT2D eigenvalue weighted by molar-refractivity contribution is -0.143. The monoisotopic (exact) mass is 468 g/mol. The van der Waals surface area contributed by atoms with E-state index < -0.39 is 28.7 Å². The van der Waals surface area contributed by atoms with Gasteiger partial charge in [0.25, 0.3) is 0 Å². The summed E-state index contributed by atoms with van der Waals surface area (Å²) in [4.78, 5) is 37.8. The highest BCUT2D eigenvalue weighted by atomic mass is 32.1. The number of carbonyl (C=O) groups is 3. The SMILES string of the molecule is CC(C)[C@@H](S)C(=O)NC1(C(=O)N[C@H](Cc2ccc(-c3ccccc3)cc2)C(=O)O)CCCC1. The Morgan fingerprint density at radius 1 is 0.970 bits per heavy atom. The summed E-state index contributed by atoms with van der Waals surface area (Å²) < 4.78 is 0. The third-order valence-corrected chi connectivity index (χ3v) is 7.09. The lowest BCUT2D eigenvalue weighted by Gasteiger charge is -2.32. The Kier molecular flexibility index (Phi) is 8.19. The van der Waals surface area contributed by atoms with E-state index in [0.717, 1.165) is 29.5 Å². The summed E-state index contributed by atoms with van der Waals surface area (Å²) >= 11 is 4.36. The second kappa shape index (κ2) is 10.9. The van der Waals surface area contributed by atoms with Crippen molar-refractivity contribution in [1.82, 2.24) is 10.6 Å². The molecule has 0 aromatic heterocycles. The van der Waals surface area contributed by atoms with Crippen LogP contribution in [0.1, 0.15) is 45.1 Å². The number of hydrogen-bond acceptors (Lipinski definition) is 4. The van der Waals surface area contributed by atoms with Crippen LogP contribution in [-0.2, 0) is 20.8 Å². The van der Waals surface area contributed by atoms with Crippen molar-refractivity contribution in [2.45, 2.75) is 62.8 Å². The molecule has 7 heteroatoms. The second-order valence-corrected chi connectivity index (χ2v) is 9.66. The number of amides is 2. The average Bonchev–Trinajstić information content (AvgIpc) is 3.28. The molecule has 1 aliphatic rings. The Morgan fingerprint density at radius 3 is 2.09 bits per heavy atom. The van der Waals surface area contributed by atoms with Crippen LogP contribution in [0.3, 0.4) is 0 Å². The fourth-order valence-electron chi connectivity index (χ4n) is 4.20. The molecule has 0 unspecified atom stereocenters. The quantitative estimate of drug-likeness (QED) is 0.421. The molecule has 2 atom stereocenters. The van der Waals surface area contributed by atoms with E-state index in [1.165, 1.54) is 0 Å². The fraction of sp³-hybridized carbons (Fsp3) is 0.423. The number of nitrogens with one attached hydrogen (secondary N) is 2. The van der Waals surface area contributed by atoms with Crippen LogP contribution in [0, 0.1) is 5.92 Å². The van der Waals surface area contributed by atoms with Gasteiger partial charge in [-0.15, -0.1) is 0 Å². The molecular weight excluding hydrogens is 436 g/mol. The summed E-state index contributed by atoms with van der Waals surface area (Å²) in [6.07, 6.45) is 2.72. The van der Waals surface area contributed by atoms with Crippen LogP contribution in [0.5, 0.6) is 0 Å². The van der Waals surface area contributed by atoms with Gasteiger partial charge in [0.1, 0.15) is 11.6 Å². The normalized spacial score (nSPS) is 16.7. The molecule has 6 nitrogen and oxygen atoms in total. The summed E-state index contributed by atoms with van der Waals surface area (Å²) in [7, 11) is 0. The van der Waals surface area contributed by atoms with Crippen molar-refractivity contribution < 1.29 is 19.5 Å². The predicted octanol–water partition coefficient (Wildman–Crippen LogP) is 3.85. The van der Waals surface area contributed by atoms with E-state index in [1.807, 2.05) is 68.4 Å². The van der Waals surface area contributed by atoms with Crippen LogP contribution in [0.25, 0.3) is 11.1 Å². The highest BCUT2D eigenvalue weighted by molar-refractivity contribution is 7.81. The molecule has 0 spiro atoms. The number of hydrogen-bond donors (Lipinski definition) is 4.